The highest BCUT2D eigenvalue weighted by atomic mass is 31.2. The molecule has 0 bridgehead atoms. The van der Waals surface area contributed by atoms with Crippen molar-refractivity contribution in [3.8, 4) is 0 Å². The van der Waals surface area contributed by atoms with Gasteiger partial charge in [0.25, 0.3) is 0 Å². The van der Waals surface area contributed by atoms with Gasteiger partial charge in [0, 0.05) is 25.7 Å². The van der Waals surface area contributed by atoms with E-state index in [1.54, 1.807) is 0 Å². The van der Waals surface area contributed by atoms with Crippen LogP contribution in [0.25, 0.3) is 0 Å². The summed E-state index contributed by atoms with van der Waals surface area (Å²) in [6.45, 7) is 14.0. The van der Waals surface area contributed by atoms with Crippen LogP contribution in [0.1, 0.15) is 344 Å². The SMILES string of the molecule is CCC(C)CCCCCCCCCCCCCCCCC(=O)OC[C@H](COP(=O)(O)OCC(O)COP(=O)(O)OC[C@@H](COC(=O)CCCCCCCCCC(C)C)OC(=O)CCCCCCCCC(C)C)OC(=O)CCCCCCCCCCC(C)CC. The minimum Gasteiger partial charge on any atom is -0.462 e. The van der Waals surface area contributed by atoms with Gasteiger partial charge in [-0.25, -0.2) is 9.13 Å². The van der Waals surface area contributed by atoms with Gasteiger partial charge in [0.2, 0.25) is 0 Å². The molecule has 0 aromatic rings. The van der Waals surface area contributed by atoms with E-state index in [-0.39, 0.29) is 25.7 Å². The van der Waals surface area contributed by atoms with E-state index >= 15 is 0 Å². The van der Waals surface area contributed by atoms with E-state index in [0.717, 1.165) is 108 Å². The van der Waals surface area contributed by atoms with Gasteiger partial charge in [-0.1, -0.05) is 293 Å². The van der Waals surface area contributed by atoms with Crippen molar-refractivity contribution in [3.05, 3.63) is 0 Å². The summed E-state index contributed by atoms with van der Waals surface area (Å²) in [5.41, 5.74) is 0. The van der Waals surface area contributed by atoms with Gasteiger partial charge in [-0.05, 0) is 49.4 Å². The fraction of sp³-hybridized carbons (Fsp3) is 0.943. The monoisotopic (exact) mass is 1310 g/mol. The third kappa shape index (κ3) is 62.0. The normalized spacial score (nSPS) is 14.9. The van der Waals surface area contributed by atoms with Crippen molar-refractivity contribution < 1.29 is 80.2 Å². The number of phosphoric acid groups is 2. The lowest BCUT2D eigenvalue weighted by Gasteiger charge is -2.21. The van der Waals surface area contributed by atoms with Crippen LogP contribution in [0.3, 0.4) is 0 Å². The molecule has 0 fully saturated rings. The van der Waals surface area contributed by atoms with Gasteiger partial charge in [0.05, 0.1) is 26.4 Å². The van der Waals surface area contributed by atoms with Gasteiger partial charge in [-0.2, -0.15) is 0 Å². The van der Waals surface area contributed by atoms with Crippen molar-refractivity contribution in [2.45, 2.75) is 363 Å². The predicted octanol–water partition coefficient (Wildman–Crippen LogP) is 19.7. The second-order valence-electron chi connectivity index (χ2n) is 26.7. The van der Waals surface area contributed by atoms with Gasteiger partial charge in [0.15, 0.2) is 12.2 Å². The number of phosphoric ester groups is 2. The van der Waals surface area contributed by atoms with Gasteiger partial charge in [-0.15, -0.1) is 0 Å². The van der Waals surface area contributed by atoms with Crippen LogP contribution in [0.4, 0.5) is 0 Å². The summed E-state index contributed by atoms with van der Waals surface area (Å²) < 4.78 is 68.2. The maximum absolute atomic E-state index is 13.0. The molecule has 7 atom stereocenters. The van der Waals surface area contributed by atoms with Crippen LogP contribution in [-0.4, -0.2) is 96.7 Å². The van der Waals surface area contributed by atoms with Crippen LogP contribution in [0.2, 0.25) is 0 Å². The molecule has 0 radical (unpaired) electrons. The molecule has 0 saturated carbocycles. The Balaban J connectivity index is 5.20. The minimum atomic E-state index is -4.95. The highest BCUT2D eigenvalue weighted by Gasteiger charge is 2.30. The van der Waals surface area contributed by atoms with E-state index in [4.69, 9.17) is 37.0 Å². The van der Waals surface area contributed by atoms with E-state index in [0.29, 0.717) is 37.5 Å². The molecule has 0 aromatic heterocycles. The summed E-state index contributed by atoms with van der Waals surface area (Å²) in [6, 6.07) is 0. The fourth-order valence-electron chi connectivity index (χ4n) is 10.4. The Morgan fingerprint density at radius 2 is 0.539 bits per heavy atom. The number of carbonyl (C=O) groups is 4. The first-order valence-corrected chi connectivity index (χ1v) is 39.3. The number of rotatable bonds is 67. The lowest BCUT2D eigenvalue weighted by atomic mass is 9.99. The average molecular weight is 1310 g/mol. The molecule has 0 aliphatic heterocycles. The maximum Gasteiger partial charge on any atom is 0.472 e. The first-order valence-electron chi connectivity index (χ1n) is 36.3. The number of unbranched alkanes of at least 4 members (excludes halogenated alkanes) is 31. The Morgan fingerprint density at radius 3 is 0.798 bits per heavy atom. The Labute approximate surface area is 543 Å². The molecule has 89 heavy (non-hydrogen) atoms. The largest absolute Gasteiger partial charge is 0.472 e. The number of aliphatic hydroxyl groups excluding tert-OH is 1. The van der Waals surface area contributed by atoms with Crippen LogP contribution >= 0.6 is 15.6 Å². The number of esters is 4. The third-order valence-electron chi connectivity index (χ3n) is 16.8. The van der Waals surface area contributed by atoms with Gasteiger partial charge in [0.1, 0.15) is 19.3 Å². The summed E-state index contributed by atoms with van der Waals surface area (Å²) >= 11 is 0. The Morgan fingerprint density at radius 1 is 0.315 bits per heavy atom. The molecule has 0 spiro atoms. The van der Waals surface area contributed by atoms with E-state index in [9.17, 15) is 43.2 Å². The second kappa shape index (κ2) is 59.8. The molecular weight excluding hydrogens is 1170 g/mol. The molecular formula is C70H136O17P2. The zero-order chi connectivity index (χ0) is 66.1. The quantitative estimate of drug-likeness (QED) is 0.0222. The smallest absolute Gasteiger partial charge is 0.462 e. The van der Waals surface area contributed by atoms with Gasteiger partial charge in [-0.3, -0.25) is 37.3 Å². The van der Waals surface area contributed by atoms with Crippen LogP contribution in [0.5, 0.6) is 0 Å². The molecule has 3 N–H and O–H groups in total. The topological polar surface area (TPSA) is 237 Å². The molecule has 528 valence electrons. The Hall–Kier alpha value is -1.94. The van der Waals surface area contributed by atoms with Crippen molar-refractivity contribution in [2.24, 2.45) is 23.7 Å². The highest BCUT2D eigenvalue weighted by molar-refractivity contribution is 7.47. The minimum absolute atomic E-state index is 0.101. The zero-order valence-electron chi connectivity index (χ0n) is 58.1. The Kier molecular flexibility index (Phi) is 58.5. The molecule has 0 aliphatic carbocycles. The van der Waals surface area contributed by atoms with Crippen LogP contribution in [0, 0.1) is 23.7 Å². The summed E-state index contributed by atoms with van der Waals surface area (Å²) in [5.74, 6) is 0.858. The first-order chi connectivity index (χ1) is 42.7. The molecule has 5 unspecified atom stereocenters. The third-order valence-corrected chi connectivity index (χ3v) is 18.7. The predicted molar refractivity (Wildman–Crippen MR) is 358 cm³/mol. The Bertz CT molecular complexity index is 1770. The molecule has 0 aromatic carbocycles. The van der Waals surface area contributed by atoms with Crippen molar-refractivity contribution in [3.63, 3.8) is 0 Å². The number of hydrogen-bond acceptors (Lipinski definition) is 15. The molecule has 19 heteroatoms. The van der Waals surface area contributed by atoms with E-state index < -0.39 is 97.5 Å². The molecule has 0 aliphatic rings. The van der Waals surface area contributed by atoms with E-state index in [1.807, 2.05) is 0 Å². The lowest BCUT2D eigenvalue weighted by molar-refractivity contribution is -0.161. The highest BCUT2D eigenvalue weighted by Crippen LogP contribution is 2.45. The summed E-state index contributed by atoms with van der Waals surface area (Å²) in [4.78, 5) is 72.4. The van der Waals surface area contributed by atoms with Crippen LogP contribution < -0.4 is 0 Å². The number of carbonyl (C=O) groups excluding carboxylic acids is 4. The number of hydrogen-bond donors (Lipinski definition) is 3. The van der Waals surface area contributed by atoms with Crippen LogP contribution in [-0.2, 0) is 65.4 Å². The maximum atomic E-state index is 13.0. The van der Waals surface area contributed by atoms with E-state index in [2.05, 4.69) is 55.4 Å². The van der Waals surface area contributed by atoms with Crippen molar-refractivity contribution >= 4 is 39.5 Å². The van der Waals surface area contributed by atoms with Gasteiger partial charge >= 0.3 is 39.5 Å². The average Bonchev–Trinajstić information content (AvgIpc) is 3.67. The summed E-state index contributed by atoms with van der Waals surface area (Å²) in [5, 5.41) is 10.6. The van der Waals surface area contributed by atoms with E-state index in [1.165, 1.54) is 141 Å². The number of aliphatic hydroxyl groups is 1. The fourth-order valence-corrected chi connectivity index (χ4v) is 12.0. The van der Waals surface area contributed by atoms with Crippen LogP contribution in [0.15, 0.2) is 0 Å². The molecule has 0 amide bonds. The lowest BCUT2D eigenvalue weighted by Crippen LogP contribution is -2.30. The molecule has 0 saturated heterocycles. The zero-order valence-corrected chi connectivity index (χ0v) is 59.8. The first kappa shape index (κ1) is 87.1. The molecule has 0 heterocycles. The standard InChI is InChI=1S/C70H136O17P2/c1-9-62(7)48-40-32-23-17-15-13-11-12-14-16-18-25-34-42-50-67(72)80-56-65(86-69(74)52-44-36-26-20-19-24-33-41-49-63(8)10-2)58-84-88(76,77)82-54-64(71)55-83-89(78,79)85-59-66(87-70(75)53-45-37-29-28-31-39-47-61(5)6)57-81-68(73)51-43-35-27-21-22-30-38-46-60(3)4/h60-66,71H,9-59H2,1-8H3,(H,76,77)(H,78,79)/t62?,63?,64?,65-,66-/m1/s1. The molecule has 17 nitrogen and oxygen atoms in total. The van der Waals surface area contributed by atoms with Crippen molar-refractivity contribution in [1.82, 2.24) is 0 Å². The summed E-state index contributed by atoms with van der Waals surface area (Å²) in [6.07, 6.45) is 41.9. The van der Waals surface area contributed by atoms with Crippen molar-refractivity contribution in [2.75, 3.05) is 39.6 Å². The number of ether oxygens (including phenoxy) is 4. The van der Waals surface area contributed by atoms with Gasteiger partial charge < -0.3 is 33.8 Å². The summed E-state index contributed by atoms with van der Waals surface area (Å²) in [7, 11) is -9.90. The molecule has 0 rings (SSSR count). The second-order valence-corrected chi connectivity index (χ2v) is 29.6. The van der Waals surface area contributed by atoms with Crippen molar-refractivity contribution in [1.29, 1.82) is 0 Å².